The number of hydrogen-bond donors (Lipinski definition) is 3. The van der Waals surface area contributed by atoms with Gasteiger partial charge in [0.25, 0.3) is 0 Å². The first kappa shape index (κ1) is 9.87. The van der Waals surface area contributed by atoms with Gasteiger partial charge in [0.15, 0.2) is 0 Å². The molecule has 0 bridgehead atoms. The van der Waals surface area contributed by atoms with Gasteiger partial charge in [0.2, 0.25) is 5.13 Å². The number of rotatable bonds is 3. The Bertz CT molecular complexity index is 301. The molecule has 1 aromatic rings. The van der Waals surface area contributed by atoms with Crippen molar-refractivity contribution in [2.45, 2.75) is 12.8 Å². The fourth-order valence-electron chi connectivity index (χ4n) is 0.683. The van der Waals surface area contributed by atoms with Crippen LogP contribution in [0.2, 0.25) is 0 Å². The molecule has 0 spiro atoms. The van der Waals surface area contributed by atoms with Gasteiger partial charge in [-0.15, -0.1) is 0 Å². The van der Waals surface area contributed by atoms with Crippen molar-refractivity contribution >= 4 is 22.8 Å². The summed E-state index contributed by atoms with van der Waals surface area (Å²) >= 11 is 1.01. The lowest BCUT2D eigenvalue weighted by Gasteiger charge is -2.00. The van der Waals surface area contributed by atoms with Crippen molar-refractivity contribution in [2.24, 2.45) is 5.73 Å². The number of carbonyl (C=O) groups is 1. The Morgan fingerprint density at radius 1 is 1.85 bits per heavy atom. The first-order valence-corrected chi connectivity index (χ1v) is 4.44. The summed E-state index contributed by atoms with van der Waals surface area (Å²) in [5.41, 5.74) is 5.40. The molecule has 0 fully saturated rings. The quantitative estimate of drug-likeness (QED) is 0.669. The molecule has 1 rings (SSSR count). The number of amides is 1. The van der Waals surface area contributed by atoms with Crippen LogP contribution in [0, 0.1) is 0 Å². The molecule has 13 heavy (non-hydrogen) atoms. The first-order valence-electron chi connectivity index (χ1n) is 3.67. The number of aromatic nitrogens is 2. The summed E-state index contributed by atoms with van der Waals surface area (Å²) in [6.45, 7) is 2.33. The summed E-state index contributed by atoms with van der Waals surface area (Å²) in [5.74, 6) is 0.636. The van der Waals surface area contributed by atoms with Crippen LogP contribution in [0.4, 0.5) is 9.93 Å². The van der Waals surface area contributed by atoms with E-state index in [1.54, 1.807) is 0 Å². The molecule has 6 nitrogen and oxygen atoms in total. The lowest BCUT2D eigenvalue weighted by molar-refractivity contribution is 0.209. The molecule has 0 radical (unpaired) electrons. The fourth-order valence-corrected chi connectivity index (χ4v) is 1.35. The van der Waals surface area contributed by atoms with E-state index >= 15 is 0 Å². The molecule has 1 aromatic heterocycles. The predicted molar refractivity (Wildman–Crippen MR) is 49.0 cm³/mol. The number of carboxylic acid groups (broad SMARTS) is 1. The molecule has 7 heteroatoms. The third kappa shape index (κ3) is 2.63. The summed E-state index contributed by atoms with van der Waals surface area (Å²) in [6, 6.07) is 0. The molecule has 4 N–H and O–H groups in total. The normalized spacial score (nSPS) is 12.5. The summed E-state index contributed by atoms with van der Waals surface area (Å²) in [7, 11) is 0. The standard InChI is InChI=1S/C6H10N4O2S/c1-3(2-7)4-8-5(13-10-4)9-6(11)12/h3H,2,7H2,1H3,(H,11,12)(H,8,9,10). The maximum atomic E-state index is 10.2. The Hall–Kier alpha value is -1.21. The van der Waals surface area contributed by atoms with E-state index in [1.807, 2.05) is 6.92 Å². The highest BCUT2D eigenvalue weighted by molar-refractivity contribution is 7.09. The maximum Gasteiger partial charge on any atom is 0.411 e. The number of nitrogens with two attached hydrogens (primary N) is 1. The minimum Gasteiger partial charge on any atom is -0.465 e. The lowest BCUT2D eigenvalue weighted by atomic mass is 10.2. The molecule has 1 amide bonds. The van der Waals surface area contributed by atoms with Crippen LogP contribution in [0.25, 0.3) is 0 Å². The van der Waals surface area contributed by atoms with Gasteiger partial charge in [0.1, 0.15) is 5.82 Å². The van der Waals surface area contributed by atoms with Crippen molar-refractivity contribution in [1.82, 2.24) is 9.36 Å². The van der Waals surface area contributed by atoms with Crippen LogP contribution in [-0.2, 0) is 0 Å². The van der Waals surface area contributed by atoms with Crippen LogP contribution >= 0.6 is 11.5 Å². The molecule has 1 unspecified atom stereocenters. The Balaban J connectivity index is 2.68. The van der Waals surface area contributed by atoms with E-state index in [0.717, 1.165) is 11.5 Å². The Kier molecular flexibility index (Phi) is 3.15. The summed E-state index contributed by atoms with van der Waals surface area (Å²) in [5, 5.41) is 10.8. The van der Waals surface area contributed by atoms with Crippen LogP contribution < -0.4 is 11.1 Å². The number of anilines is 1. The Labute approximate surface area is 79.0 Å². The number of nitrogens with zero attached hydrogens (tertiary/aromatic N) is 2. The summed E-state index contributed by atoms with van der Waals surface area (Å²) < 4.78 is 3.96. The third-order valence-electron chi connectivity index (χ3n) is 1.45. The van der Waals surface area contributed by atoms with Crippen molar-refractivity contribution in [3.05, 3.63) is 5.82 Å². The van der Waals surface area contributed by atoms with Gasteiger partial charge in [-0.05, 0) is 0 Å². The van der Waals surface area contributed by atoms with Crippen LogP contribution in [-0.4, -0.2) is 27.1 Å². The van der Waals surface area contributed by atoms with Gasteiger partial charge in [-0.2, -0.15) is 4.37 Å². The SMILES string of the molecule is CC(CN)c1nsc(NC(=O)O)n1. The zero-order chi connectivity index (χ0) is 9.84. The van der Waals surface area contributed by atoms with E-state index in [9.17, 15) is 4.79 Å². The Morgan fingerprint density at radius 2 is 2.54 bits per heavy atom. The molecule has 0 aliphatic carbocycles. The second kappa shape index (κ2) is 4.15. The van der Waals surface area contributed by atoms with Gasteiger partial charge >= 0.3 is 6.09 Å². The van der Waals surface area contributed by atoms with E-state index in [1.165, 1.54) is 0 Å². The van der Waals surface area contributed by atoms with Crippen molar-refractivity contribution in [3.8, 4) is 0 Å². The second-order valence-electron chi connectivity index (χ2n) is 2.52. The van der Waals surface area contributed by atoms with Gasteiger partial charge in [-0.25, -0.2) is 9.78 Å². The fraction of sp³-hybridized carbons (Fsp3) is 0.500. The van der Waals surface area contributed by atoms with Crippen molar-refractivity contribution in [2.75, 3.05) is 11.9 Å². The third-order valence-corrected chi connectivity index (χ3v) is 2.09. The first-order chi connectivity index (χ1) is 6.13. The lowest BCUT2D eigenvalue weighted by Crippen LogP contribution is -2.11. The minimum atomic E-state index is -1.14. The smallest absolute Gasteiger partial charge is 0.411 e. The maximum absolute atomic E-state index is 10.2. The van der Waals surface area contributed by atoms with Gasteiger partial charge < -0.3 is 10.8 Å². The van der Waals surface area contributed by atoms with Gasteiger partial charge in [0, 0.05) is 24.0 Å². The molecular weight excluding hydrogens is 192 g/mol. The van der Waals surface area contributed by atoms with Crippen molar-refractivity contribution < 1.29 is 9.90 Å². The largest absolute Gasteiger partial charge is 0.465 e. The molecule has 0 saturated carbocycles. The molecule has 0 saturated heterocycles. The van der Waals surface area contributed by atoms with Gasteiger partial charge in [-0.3, -0.25) is 5.32 Å². The molecule has 72 valence electrons. The average Bonchev–Trinajstić information content (AvgIpc) is 2.50. The van der Waals surface area contributed by atoms with E-state index in [2.05, 4.69) is 14.7 Å². The molecular formula is C6H10N4O2S. The Morgan fingerprint density at radius 3 is 3.08 bits per heavy atom. The minimum absolute atomic E-state index is 0.0561. The van der Waals surface area contributed by atoms with E-state index < -0.39 is 6.09 Å². The zero-order valence-electron chi connectivity index (χ0n) is 7.02. The molecule has 1 heterocycles. The van der Waals surface area contributed by atoms with Crippen LogP contribution in [0.15, 0.2) is 0 Å². The second-order valence-corrected chi connectivity index (χ2v) is 3.28. The molecule has 0 aromatic carbocycles. The highest BCUT2D eigenvalue weighted by atomic mass is 32.1. The van der Waals surface area contributed by atoms with Crippen LogP contribution in [0.3, 0.4) is 0 Å². The van der Waals surface area contributed by atoms with E-state index in [4.69, 9.17) is 10.8 Å². The number of hydrogen-bond acceptors (Lipinski definition) is 5. The molecule has 0 aliphatic heterocycles. The van der Waals surface area contributed by atoms with Crippen LogP contribution in [0.5, 0.6) is 0 Å². The topological polar surface area (TPSA) is 101 Å². The van der Waals surface area contributed by atoms with E-state index in [-0.39, 0.29) is 11.0 Å². The van der Waals surface area contributed by atoms with E-state index in [0.29, 0.717) is 12.4 Å². The van der Waals surface area contributed by atoms with Gasteiger partial charge in [0.05, 0.1) is 0 Å². The zero-order valence-corrected chi connectivity index (χ0v) is 7.84. The molecule has 1 atom stereocenters. The monoisotopic (exact) mass is 202 g/mol. The summed E-state index contributed by atoms with van der Waals surface area (Å²) in [6.07, 6.45) is -1.14. The van der Waals surface area contributed by atoms with Crippen molar-refractivity contribution in [3.63, 3.8) is 0 Å². The van der Waals surface area contributed by atoms with Gasteiger partial charge in [-0.1, -0.05) is 6.92 Å². The summed E-state index contributed by atoms with van der Waals surface area (Å²) in [4.78, 5) is 14.2. The average molecular weight is 202 g/mol. The van der Waals surface area contributed by atoms with Crippen molar-refractivity contribution in [1.29, 1.82) is 0 Å². The highest BCUT2D eigenvalue weighted by Crippen LogP contribution is 2.16. The highest BCUT2D eigenvalue weighted by Gasteiger charge is 2.11. The predicted octanol–water partition coefficient (Wildman–Crippen LogP) is 0.690. The van der Waals surface area contributed by atoms with Crippen LogP contribution in [0.1, 0.15) is 18.7 Å². The molecule has 0 aliphatic rings. The number of nitrogens with one attached hydrogen (secondary N) is 1.